The number of carbonyl (C=O) groups is 2. The topological polar surface area (TPSA) is 93.4 Å². The molecular formula is C18H27N3O3. The molecule has 0 radical (unpaired) electrons. The number of anilines is 1. The van der Waals surface area contributed by atoms with Crippen molar-refractivity contribution in [3.8, 4) is 0 Å². The van der Waals surface area contributed by atoms with Crippen LogP contribution in [0.1, 0.15) is 37.7 Å². The van der Waals surface area contributed by atoms with Crippen LogP contribution in [0.4, 0.5) is 5.69 Å². The summed E-state index contributed by atoms with van der Waals surface area (Å²) in [5.41, 5.74) is 7.35. The summed E-state index contributed by atoms with van der Waals surface area (Å²) < 4.78 is 4.86. The summed E-state index contributed by atoms with van der Waals surface area (Å²) >= 11 is 0. The Morgan fingerprint density at radius 2 is 2.04 bits per heavy atom. The average Bonchev–Trinajstić information content (AvgIpc) is 2.61. The van der Waals surface area contributed by atoms with Crippen molar-refractivity contribution in [2.75, 3.05) is 19.0 Å². The molecule has 0 aromatic heterocycles. The van der Waals surface area contributed by atoms with Gasteiger partial charge in [0.2, 0.25) is 11.8 Å². The smallest absolute Gasteiger partial charge is 0.239 e. The summed E-state index contributed by atoms with van der Waals surface area (Å²) in [6.07, 6.45) is 5.43. The molecule has 0 heterocycles. The van der Waals surface area contributed by atoms with E-state index in [2.05, 4.69) is 10.6 Å². The Hall–Kier alpha value is -1.92. The van der Waals surface area contributed by atoms with Crippen LogP contribution in [-0.2, 0) is 20.9 Å². The second-order valence-electron chi connectivity index (χ2n) is 6.30. The predicted octanol–water partition coefficient (Wildman–Crippen LogP) is 1.80. The fourth-order valence-electron chi connectivity index (χ4n) is 2.94. The molecular weight excluding hydrogens is 306 g/mol. The maximum atomic E-state index is 12.3. The highest BCUT2D eigenvalue weighted by atomic mass is 16.5. The van der Waals surface area contributed by atoms with E-state index in [-0.39, 0.29) is 24.3 Å². The Morgan fingerprint density at radius 1 is 1.29 bits per heavy atom. The van der Waals surface area contributed by atoms with Crippen LogP contribution < -0.4 is 16.4 Å². The SMILES string of the molecule is COCC(N)C(=O)NCc1cccc(NC(=O)C2CCCCC2)c1. The van der Waals surface area contributed by atoms with E-state index in [1.807, 2.05) is 24.3 Å². The van der Waals surface area contributed by atoms with Gasteiger partial charge in [0.05, 0.1) is 6.61 Å². The minimum absolute atomic E-state index is 0.0954. The van der Waals surface area contributed by atoms with Gasteiger partial charge in [0.15, 0.2) is 0 Å². The number of nitrogens with one attached hydrogen (secondary N) is 2. The first-order chi connectivity index (χ1) is 11.6. The number of rotatable bonds is 7. The van der Waals surface area contributed by atoms with Gasteiger partial charge in [-0.05, 0) is 30.5 Å². The number of carbonyl (C=O) groups excluding carboxylic acids is 2. The van der Waals surface area contributed by atoms with Crippen molar-refractivity contribution in [1.82, 2.24) is 5.32 Å². The lowest BCUT2D eigenvalue weighted by atomic mass is 9.88. The Bertz CT molecular complexity index is 556. The van der Waals surface area contributed by atoms with Gasteiger partial charge in [0.25, 0.3) is 0 Å². The van der Waals surface area contributed by atoms with E-state index in [1.165, 1.54) is 13.5 Å². The third kappa shape index (κ3) is 5.62. The Labute approximate surface area is 143 Å². The molecule has 1 aromatic carbocycles. The maximum absolute atomic E-state index is 12.3. The van der Waals surface area contributed by atoms with Crippen LogP contribution in [0.3, 0.4) is 0 Å². The lowest BCUT2D eigenvalue weighted by Crippen LogP contribution is -2.43. The molecule has 1 aromatic rings. The number of benzene rings is 1. The second kappa shape index (κ2) is 9.39. The van der Waals surface area contributed by atoms with Crippen LogP contribution in [0, 0.1) is 5.92 Å². The maximum Gasteiger partial charge on any atom is 0.239 e. The van der Waals surface area contributed by atoms with Gasteiger partial charge in [-0.3, -0.25) is 9.59 Å². The molecule has 2 rings (SSSR count). The van der Waals surface area contributed by atoms with Crippen molar-refractivity contribution in [3.05, 3.63) is 29.8 Å². The van der Waals surface area contributed by atoms with Gasteiger partial charge < -0.3 is 21.1 Å². The number of ether oxygens (including phenoxy) is 1. The lowest BCUT2D eigenvalue weighted by Gasteiger charge is -2.21. The van der Waals surface area contributed by atoms with E-state index in [0.717, 1.165) is 36.9 Å². The number of hydrogen-bond acceptors (Lipinski definition) is 4. The van der Waals surface area contributed by atoms with Crippen LogP contribution in [-0.4, -0.2) is 31.6 Å². The zero-order chi connectivity index (χ0) is 17.4. The highest BCUT2D eigenvalue weighted by Crippen LogP contribution is 2.25. The molecule has 0 spiro atoms. The van der Waals surface area contributed by atoms with Gasteiger partial charge in [-0.15, -0.1) is 0 Å². The summed E-state index contributed by atoms with van der Waals surface area (Å²) in [5, 5.41) is 5.76. The van der Waals surface area contributed by atoms with Crippen molar-refractivity contribution in [1.29, 1.82) is 0 Å². The van der Waals surface area contributed by atoms with Crippen LogP contribution in [0.2, 0.25) is 0 Å². The molecule has 0 bridgehead atoms. The first-order valence-corrected chi connectivity index (χ1v) is 8.52. The molecule has 132 valence electrons. The normalized spacial score (nSPS) is 16.4. The first kappa shape index (κ1) is 18.4. The van der Waals surface area contributed by atoms with E-state index in [1.54, 1.807) is 0 Å². The molecule has 0 aliphatic heterocycles. The molecule has 1 aliphatic carbocycles. The fourth-order valence-corrected chi connectivity index (χ4v) is 2.94. The van der Waals surface area contributed by atoms with E-state index >= 15 is 0 Å². The van der Waals surface area contributed by atoms with Crippen LogP contribution in [0.25, 0.3) is 0 Å². The minimum atomic E-state index is -0.677. The zero-order valence-electron chi connectivity index (χ0n) is 14.2. The fraction of sp³-hybridized carbons (Fsp3) is 0.556. The number of hydrogen-bond donors (Lipinski definition) is 3. The van der Waals surface area contributed by atoms with E-state index in [9.17, 15) is 9.59 Å². The van der Waals surface area contributed by atoms with Crippen LogP contribution >= 0.6 is 0 Å². The molecule has 1 unspecified atom stereocenters. The highest BCUT2D eigenvalue weighted by Gasteiger charge is 2.21. The largest absolute Gasteiger partial charge is 0.383 e. The van der Waals surface area contributed by atoms with Crippen molar-refractivity contribution in [2.45, 2.75) is 44.7 Å². The average molecular weight is 333 g/mol. The lowest BCUT2D eigenvalue weighted by molar-refractivity contribution is -0.123. The first-order valence-electron chi connectivity index (χ1n) is 8.52. The molecule has 24 heavy (non-hydrogen) atoms. The highest BCUT2D eigenvalue weighted by molar-refractivity contribution is 5.92. The van der Waals surface area contributed by atoms with Crippen LogP contribution in [0.15, 0.2) is 24.3 Å². The molecule has 6 nitrogen and oxygen atoms in total. The molecule has 0 saturated heterocycles. The van der Waals surface area contributed by atoms with Gasteiger partial charge in [0.1, 0.15) is 6.04 Å². The third-order valence-corrected chi connectivity index (χ3v) is 4.32. The standard InChI is InChI=1S/C18H27N3O3/c1-24-12-16(19)18(23)20-11-13-6-5-9-15(10-13)21-17(22)14-7-3-2-4-8-14/h5-6,9-10,14,16H,2-4,7-8,11-12,19H2,1H3,(H,20,23)(H,21,22). The van der Waals surface area contributed by atoms with Gasteiger partial charge in [0, 0.05) is 25.3 Å². The van der Waals surface area contributed by atoms with Crippen molar-refractivity contribution in [2.24, 2.45) is 11.7 Å². The van der Waals surface area contributed by atoms with Gasteiger partial charge in [-0.1, -0.05) is 31.4 Å². The Morgan fingerprint density at radius 3 is 2.75 bits per heavy atom. The van der Waals surface area contributed by atoms with E-state index < -0.39 is 6.04 Å². The summed E-state index contributed by atoms with van der Waals surface area (Å²) in [6.45, 7) is 0.548. The molecule has 4 N–H and O–H groups in total. The molecule has 1 fully saturated rings. The monoisotopic (exact) mass is 333 g/mol. The Kier molecular flexibility index (Phi) is 7.21. The predicted molar refractivity (Wildman–Crippen MR) is 93.3 cm³/mol. The third-order valence-electron chi connectivity index (χ3n) is 4.32. The molecule has 1 saturated carbocycles. The summed E-state index contributed by atoms with van der Waals surface area (Å²) in [5.74, 6) is -0.0411. The number of nitrogens with two attached hydrogens (primary N) is 1. The van der Waals surface area contributed by atoms with Gasteiger partial charge in [-0.2, -0.15) is 0 Å². The summed E-state index contributed by atoms with van der Waals surface area (Å²) in [4.78, 5) is 24.1. The van der Waals surface area contributed by atoms with Gasteiger partial charge in [-0.25, -0.2) is 0 Å². The molecule has 6 heteroatoms. The van der Waals surface area contributed by atoms with E-state index in [0.29, 0.717) is 6.54 Å². The van der Waals surface area contributed by atoms with E-state index in [4.69, 9.17) is 10.5 Å². The number of methoxy groups -OCH3 is 1. The van der Waals surface area contributed by atoms with Crippen molar-refractivity contribution in [3.63, 3.8) is 0 Å². The summed E-state index contributed by atoms with van der Waals surface area (Å²) in [7, 11) is 1.51. The number of amides is 2. The Balaban J connectivity index is 1.86. The van der Waals surface area contributed by atoms with Crippen molar-refractivity contribution >= 4 is 17.5 Å². The molecule has 2 amide bonds. The quantitative estimate of drug-likeness (QED) is 0.709. The van der Waals surface area contributed by atoms with Gasteiger partial charge >= 0.3 is 0 Å². The minimum Gasteiger partial charge on any atom is -0.383 e. The molecule has 1 atom stereocenters. The second-order valence-corrected chi connectivity index (χ2v) is 6.30. The molecule has 1 aliphatic rings. The zero-order valence-corrected chi connectivity index (χ0v) is 14.2. The summed E-state index contributed by atoms with van der Waals surface area (Å²) in [6, 6.07) is 6.83. The van der Waals surface area contributed by atoms with Crippen LogP contribution in [0.5, 0.6) is 0 Å². The van der Waals surface area contributed by atoms with Crippen molar-refractivity contribution < 1.29 is 14.3 Å².